The molecule has 2 rings (SSSR count). The lowest BCUT2D eigenvalue weighted by Gasteiger charge is -2.20. The van der Waals surface area contributed by atoms with E-state index in [1.807, 2.05) is 25.3 Å². The Morgan fingerprint density at radius 1 is 1.28 bits per heavy atom. The van der Waals surface area contributed by atoms with Gasteiger partial charge in [0.05, 0.1) is 0 Å². The van der Waals surface area contributed by atoms with Crippen molar-refractivity contribution in [1.82, 2.24) is 14.3 Å². The number of hydrogen-bond acceptors (Lipinski definition) is 5. The predicted octanol–water partition coefficient (Wildman–Crippen LogP) is 2.70. The van der Waals surface area contributed by atoms with Gasteiger partial charge in [0.1, 0.15) is 5.82 Å². The first-order valence-electron chi connectivity index (χ1n) is 6.24. The molecule has 18 heavy (non-hydrogen) atoms. The van der Waals surface area contributed by atoms with Crippen LogP contribution >= 0.6 is 11.5 Å². The van der Waals surface area contributed by atoms with E-state index in [0.29, 0.717) is 0 Å². The highest BCUT2D eigenvalue weighted by Crippen LogP contribution is 2.17. The predicted molar refractivity (Wildman–Crippen MR) is 75.1 cm³/mol. The standard InChI is InChI=1S/C13H18N4S/c1-3-9-17(13-15-11(2)16-18-13)10-7-12-6-4-5-8-14-12/h4-6,8H,3,7,9-10H2,1-2H3. The summed E-state index contributed by atoms with van der Waals surface area (Å²) in [5, 5.41) is 1.02. The fourth-order valence-electron chi connectivity index (χ4n) is 1.78. The van der Waals surface area contributed by atoms with Crippen molar-refractivity contribution < 1.29 is 0 Å². The maximum atomic E-state index is 4.45. The van der Waals surface area contributed by atoms with E-state index in [1.165, 1.54) is 11.5 Å². The Bertz CT molecular complexity index is 469. The van der Waals surface area contributed by atoms with Gasteiger partial charge in [0, 0.05) is 42.9 Å². The number of rotatable bonds is 6. The number of aryl methyl sites for hydroxylation is 1. The second-order valence-electron chi connectivity index (χ2n) is 4.18. The summed E-state index contributed by atoms with van der Waals surface area (Å²) in [5.41, 5.74) is 1.12. The molecule has 0 aliphatic rings. The van der Waals surface area contributed by atoms with Crippen LogP contribution in [0.2, 0.25) is 0 Å². The first-order valence-corrected chi connectivity index (χ1v) is 7.02. The van der Waals surface area contributed by atoms with Gasteiger partial charge in [0.15, 0.2) is 0 Å². The highest BCUT2D eigenvalue weighted by molar-refractivity contribution is 7.09. The molecule has 0 bridgehead atoms. The maximum Gasteiger partial charge on any atom is 0.205 e. The summed E-state index contributed by atoms with van der Waals surface area (Å²) in [6.07, 6.45) is 3.90. The molecule has 0 atom stereocenters. The summed E-state index contributed by atoms with van der Waals surface area (Å²) in [4.78, 5) is 11.1. The largest absolute Gasteiger partial charge is 0.346 e. The van der Waals surface area contributed by atoms with Crippen molar-refractivity contribution in [2.45, 2.75) is 26.7 Å². The molecule has 5 heteroatoms. The molecule has 0 saturated carbocycles. The number of hydrogen-bond donors (Lipinski definition) is 0. The van der Waals surface area contributed by atoms with Gasteiger partial charge in [-0.05, 0) is 25.5 Å². The van der Waals surface area contributed by atoms with E-state index >= 15 is 0 Å². The van der Waals surface area contributed by atoms with Gasteiger partial charge in [0.25, 0.3) is 0 Å². The van der Waals surface area contributed by atoms with Crippen molar-refractivity contribution in [1.29, 1.82) is 0 Å². The molecule has 2 heterocycles. The fraction of sp³-hybridized carbons (Fsp3) is 0.462. The lowest BCUT2D eigenvalue weighted by Crippen LogP contribution is -2.26. The molecule has 0 N–H and O–H groups in total. The van der Waals surface area contributed by atoms with E-state index in [1.54, 1.807) is 0 Å². The molecule has 2 aromatic rings. The molecule has 0 amide bonds. The van der Waals surface area contributed by atoms with Crippen molar-refractivity contribution >= 4 is 16.7 Å². The molecule has 0 radical (unpaired) electrons. The number of anilines is 1. The van der Waals surface area contributed by atoms with Crippen LogP contribution in [0.4, 0.5) is 5.13 Å². The highest BCUT2D eigenvalue weighted by atomic mass is 32.1. The third-order valence-corrected chi connectivity index (χ3v) is 3.51. The van der Waals surface area contributed by atoms with E-state index in [4.69, 9.17) is 0 Å². The van der Waals surface area contributed by atoms with Gasteiger partial charge in [0.2, 0.25) is 5.13 Å². The van der Waals surface area contributed by atoms with Gasteiger partial charge in [-0.25, -0.2) is 4.98 Å². The maximum absolute atomic E-state index is 4.45. The average Bonchev–Trinajstić information content (AvgIpc) is 2.82. The summed E-state index contributed by atoms with van der Waals surface area (Å²) in [6, 6.07) is 6.04. The van der Waals surface area contributed by atoms with Crippen LogP contribution in [0.25, 0.3) is 0 Å². The molecule has 0 aromatic carbocycles. The highest BCUT2D eigenvalue weighted by Gasteiger charge is 2.10. The van der Waals surface area contributed by atoms with Crippen LogP contribution in [-0.2, 0) is 6.42 Å². The molecule has 0 spiro atoms. The number of nitrogens with zero attached hydrogens (tertiary/aromatic N) is 4. The van der Waals surface area contributed by atoms with Crippen LogP contribution < -0.4 is 4.90 Å². The first kappa shape index (κ1) is 13.0. The Morgan fingerprint density at radius 2 is 2.17 bits per heavy atom. The van der Waals surface area contributed by atoms with Crippen molar-refractivity contribution in [3.63, 3.8) is 0 Å². The zero-order valence-corrected chi connectivity index (χ0v) is 11.7. The van der Waals surface area contributed by atoms with Crippen molar-refractivity contribution in [3.05, 3.63) is 35.9 Å². The van der Waals surface area contributed by atoms with Crippen LogP contribution in [0, 0.1) is 6.92 Å². The quantitative estimate of drug-likeness (QED) is 0.802. The Labute approximate surface area is 112 Å². The van der Waals surface area contributed by atoms with Crippen molar-refractivity contribution in [2.24, 2.45) is 0 Å². The minimum absolute atomic E-state index is 0.855. The average molecular weight is 262 g/mol. The smallest absolute Gasteiger partial charge is 0.205 e. The Kier molecular flexibility index (Phi) is 4.64. The monoisotopic (exact) mass is 262 g/mol. The molecule has 0 aliphatic heterocycles. The molecule has 0 aliphatic carbocycles. The van der Waals surface area contributed by atoms with Gasteiger partial charge in [-0.1, -0.05) is 13.0 Å². The van der Waals surface area contributed by atoms with E-state index in [0.717, 1.165) is 42.6 Å². The summed E-state index contributed by atoms with van der Waals surface area (Å²) in [5.74, 6) is 0.855. The van der Waals surface area contributed by atoms with Crippen LogP contribution in [0.1, 0.15) is 24.9 Å². The Morgan fingerprint density at radius 3 is 2.78 bits per heavy atom. The van der Waals surface area contributed by atoms with Gasteiger partial charge in [-0.3, -0.25) is 4.98 Å². The second kappa shape index (κ2) is 6.44. The second-order valence-corrected chi connectivity index (χ2v) is 4.91. The number of aromatic nitrogens is 3. The lowest BCUT2D eigenvalue weighted by molar-refractivity contribution is 0.744. The minimum atomic E-state index is 0.855. The van der Waals surface area contributed by atoms with Crippen LogP contribution in [0.15, 0.2) is 24.4 Å². The Balaban J connectivity index is 1.98. The first-order chi connectivity index (χ1) is 8.79. The van der Waals surface area contributed by atoms with Gasteiger partial charge in [-0.2, -0.15) is 4.37 Å². The minimum Gasteiger partial charge on any atom is -0.346 e. The van der Waals surface area contributed by atoms with Gasteiger partial charge in [-0.15, -0.1) is 0 Å². The summed E-state index contributed by atoms with van der Waals surface area (Å²) in [7, 11) is 0. The molecule has 0 saturated heterocycles. The SMILES string of the molecule is CCCN(CCc1ccccn1)c1nc(C)ns1. The third kappa shape index (κ3) is 3.50. The zero-order chi connectivity index (χ0) is 12.8. The molecular weight excluding hydrogens is 244 g/mol. The normalized spacial score (nSPS) is 10.6. The van der Waals surface area contributed by atoms with Crippen molar-refractivity contribution in [2.75, 3.05) is 18.0 Å². The van der Waals surface area contributed by atoms with E-state index in [-0.39, 0.29) is 0 Å². The lowest BCUT2D eigenvalue weighted by atomic mass is 10.2. The van der Waals surface area contributed by atoms with Crippen LogP contribution in [0.5, 0.6) is 0 Å². The van der Waals surface area contributed by atoms with Gasteiger partial charge >= 0.3 is 0 Å². The van der Waals surface area contributed by atoms with Crippen LogP contribution in [-0.4, -0.2) is 27.4 Å². The molecule has 0 fully saturated rings. The molecule has 4 nitrogen and oxygen atoms in total. The van der Waals surface area contributed by atoms with E-state index < -0.39 is 0 Å². The molecule has 0 unspecified atom stereocenters. The summed E-state index contributed by atoms with van der Waals surface area (Å²) >= 11 is 1.48. The summed E-state index contributed by atoms with van der Waals surface area (Å²) in [6.45, 7) is 6.07. The van der Waals surface area contributed by atoms with Crippen LogP contribution in [0.3, 0.4) is 0 Å². The summed E-state index contributed by atoms with van der Waals surface area (Å²) < 4.78 is 4.25. The topological polar surface area (TPSA) is 41.9 Å². The van der Waals surface area contributed by atoms with Gasteiger partial charge < -0.3 is 4.90 Å². The molecular formula is C13H18N4S. The molecule has 96 valence electrons. The number of pyridine rings is 1. The zero-order valence-electron chi connectivity index (χ0n) is 10.8. The fourth-order valence-corrected chi connectivity index (χ4v) is 2.51. The van der Waals surface area contributed by atoms with Crippen molar-refractivity contribution in [3.8, 4) is 0 Å². The Hall–Kier alpha value is -1.49. The van der Waals surface area contributed by atoms with E-state index in [2.05, 4.69) is 32.2 Å². The van der Waals surface area contributed by atoms with E-state index in [9.17, 15) is 0 Å². The third-order valence-electron chi connectivity index (χ3n) is 2.64. The molecule has 2 aromatic heterocycles.